The van der Waals surface area contributed by atoms with Crippen molar-refractivity contribution < 1.29 is 0 Å². The standard InChI is InChI=1S/C16H24N2/c1-5-13(17-7-3)16-12-10-11(4)8-9-15(12)18-14(16)6-2/h8-10,13,17-18H,5-7H2,1-4H3. The smallest absolute Gasteiger partial charge is 0.0459 e. The molecule has 0 aliphatic heterocycles. The van der Waals surface area contributed by atoms with E-state index in [0.717, 1.165) is 19.4 Å². The number of hydrogen-bond donors (Lipinski definition) is 2. The highest BCUT2D eigenvalue weighted by Crippen LogP contribution is 2.31. The van der Waals surface area contributed by atoms with Crippen LogP contribution < -0.4 is 5.32 Å². The Hall–Kier alpha value is -1.28. The van der Waals surface area contributed by atoms with Crippen molar-refractivity contribution in [2.45, 2.75) is 46.6 Å². The predicted molar refractivity (Wildman–Crippen MR) is 79.1 cm³/mol. The summed E-state index contributed by atoms with van der Waals surface area (Å²) in [5.74, 6) is 0. The molecule has 2 aromatic rings. The van der Waals surface area contributed by atoms with E-state index in [4.69, 9.17) is 0 Å². The van der Waals surface area contributed by atoms with Crippen molar-refractivity contribution in [2.24, 2.45) is 0 Å². The summed E-state index contributed by atoms with van der Waals surface area (Å²) in [5.41, 5.74) is 5.45. The largest absolute Gasteiger partial charge is 0.358 e. The molecule has 0 fully saturated rings. The van der Waals surface area contributed by atoms with Crippen LogP contribution in [0.3, 0.4) is 0 Å². The SMILES string of the molecule is CCNC(CC)c1c(CC)[nH]c2ccc(C)cc12. The van der Waals surface area contributed by atoms with E-state index in [0.29, 0.717) is 6.04 Å². The molecule has 1 aromatic heterocycles. The lowest BCUT2D eigenvalue weighted by Gasteiger charge is -2.17. The lowest BCUT2D eigenvalue weighted by Crippen LogP contribution is -2.20. The molecular weight excluding hydrogens is 220 g/mol. The van der Waals surface area contributed by atoms with Gasteiger partial charge in [0.1, 0.15) is 0 Å². The van der Waals surface area contributed by atoms with Gasteiger partial charge in [0.05, 0.1) is 0 Å². The monoisotopic (exact) mass is 244 g/mol. The highest BCUT2D eigenvalue weighted by atomic mass is 14.9. The van der Waals surface area contributed by atoms with Gasteiger partial charge in [-0.2, -0.15) is 0 Å². The fourth-order valence-corrected chi connectivity index (χ4v) is 2.76. The van der Waals surface area contributed by atoms with Gasteiger partial charge in [0.2, 0.25) is 0 Å². The Bertz CT molecular complexity index is 525. The molecule has 0 aliphatic rings. The first-order valence-electron chi connectivity index (χ1n) is 7.05. The molecule has 0 amide bonds. The van der Waals surface area contributed by atoms with Gasteiger partial charge in [-0.1, -0.05) is 32.4 Å². The summed E-state index contributed by atoms with van der Waals surface area (Å²) in [6.45, 7) is 9.83. The van der Waals surface area contributed by atoms with Crippen molar-refractivity contribution in [2.75, 3.05) is 6.54 Å². The van der Waals surface area contributed by atoms with Gasteiger partial charge in [-0.3, -0.25) is 0 Å². The molecule has 0 aliphatic carbocycles. The maximum Gasteiger partial charge on any atom is 0.0459 e. The number of hydrogen-bond acceptors (Lipinski definition) is 1. The second kappa shape index (κ2) is 5.57. The van der Waals surface area contributed by atoms with Gasteiger partial charge in [-0.25, -0.2) is 0 Å². The fourth-order valence-electron chi connectivity index (χ4n) is 2.76. The maximum absolute atomic E-state index is 3.60. The van der Waals surface area contributed by atoms with Crippen molar-refractivity contribution in [3.8, 4) is 0 Å². The number of H-pyrrole nitrogens is 1. The summed E-state index contributed by atoms with van der Waals surface area (Å²) in [7, 11) is 0. The minimum Gasteiger partial charge on any atom is -0.358 e. The van der Waals surface area contributed by atoms with Gasteiger partial charge in [0.15, 0.2) is 0 Å². The number of aromatic nitrogens is 1. The van der Waals surface area contributed by atoms with Crippen LogP contribution >= 0.6 is 0 Å². The van der Waals surface area contributed by atoms with Crippen molar-refractivity contribution in [1.82, 2.24) is 10.3 Å². The van der Waals surface area contributed by atoms with Crippen LogP contribution in [0.2, 0.25) is 0 Å². The van der Waals surface area contributed by atoms with Crippen LogP contribution in [-0.4, -0.2) is 11.5 Å². The van der Waals surface area contributed by atoms with Crippen molar-refractivity contribution in [3.63, 3.8) is 0 Å². The van der Waals surface area contributed by atoms with E-state index in [1.165, 1.54) is 27.7 Å². The molecule has 0 saturated heterocycles. The van der Waals surface area contributed by atoms with Crippen LogP contribution in [0.25, 0.3) is 10.9 Å². The summed E-state index contributed by atoms with van der Waals surface area (Å²) in [6.07, 6.45) is 2.19. The van der Waals surface area contributed by atoms with Gasteiger partial charge in [-0.05, 0) is 44.0 Å². The molecule has 0 bridgehead atoms. The number of aromatic amines is 1. The number of aryl methyl sites for hydroxylation is 2. The van der Waals surface area contributed by atoms with E-state index in [1.54, 1.807) is 0 Å². The Morgan fingerprint density at radius 1 is 1.22 bits per heavy atom. The zero-order chi connectivity index (χ0) is 13.1. The van der Waals surface area contributed by atoms with Crippen molar-refractivity contribution in [3.05, 3.63) is 35.0 Å². The zero-order valence-corrected chi connectivity index (χ0v) is 11.9. The topological polar surface area (TPSA) is 27.8 Å². The van der Waals surface area contributed by atoms with Gasteiger partial charge < -0.3 is 10.3 Å². The quantitative estimate of drug-likeness (QED) is 0.814. The summed E-state index contributed by atoms with van der Waals surface area (Å²) in [4.78, 5) is 3.57. The van der Waals surface area contributed by atoms with E-state index in [9.17, 15) is 0 Å². The molecule has 2 nitrogen and oxygen atoms in total. The Morgan fingerprint density at radius 2 is 2.00 bits per heavy atom. The minimum atomic E-state index is 0.459. The third-order valence-corrected chi connectivity index (χ3v) is 3.64. The second-order valence-electron chi connectivity index (χ2n) is 4.94. The molecule has 0 radical (unpaired) electrons. The first kappa shape index (κ1) is 13.2. The molecular formula is C16H24N2. The number of benzene rings is 1. The number of nitrogens with one attached hydrogen (secondary N) is 2. The summed E-state index contributed by atoms with van der Waals surface area (Å²) >= 11 is 0. The summed E-state index contributed by atoms with van der Waals surface area (Å²) < 4.78 is 0. The molecule has 0 spiro atoms. The minimum absolute atomic E-state index is 0.459. The molecule has 2 rings (SSSR count). The number of fused-ring (bicyclic) bond motifs is 1. The van der Waals surface area contributed by atoms with E-state index in [1.807, 2.05) is 0 Å². The van der Waals surface area contributed by atoms with Crippen LogP contribution in [-0.2, 0) is 6.42 Å². The average Bonchev–Trinajstić information content (AvgIpc) is 2.73. The molecule has 98 valence electrons. The fraction of sp³-hybridized carbons (Fsp3) is 0.500. The van der Waals surface area contributed by atoms with Crippen LogP contribution in [0.4, 0.5) is 0 Å². The predicted octanol–water partition coefficient (Wildman–Crippen LogP) is 4.10. The van der Waals surface area contributed by atoms with Crippen LogP contribution in [0.5, 0.6) is 0 Å². The Labute approximate surface area is 110 Å². The van der Waals surface area contributed by atoms with E-state index < -0.39 is 0 Å². The molecule has 1 aromatic carbocycles. The van der Waals surface area contributed by atoms with Gasteiger partial charge in [-0.15, -0.1) is 0 Å². The van der Waals surface area contributed by atoms with Crippen LogP contribution in [0.15, 0.2) is 18.2 Å². The first-order chi connectivity index (χ1) is 8.71. The molecule has 1 unspecified atom stereocenters. The summed E-state index contributed by atoms with van der Waals surface area (Å²) in [5, 5.41) is 4.99. The lowest BCUT2D eigenvalue weighted by atomic mass is 9.98. The highest BCUT2D eigenvalue weighted by molar-refractivity contribution is 5.86. The molecule has 18 heavy (non-hydrogen) atoms. The summed E-state index contributed by atoms with van der Waals surface area (Å²) in [6, 6.07) is 7.14. The maximum atomic E-state index is 3.60. The molecule has 0 saturated carbocycles. The third kappa shape index (κ3) is 2.30. The third-order valence-electron chi connectivity index (χ3n) is 3.64. The van der Waals surface area contributed by atoms with Gasteiger partial charge in [0, 0.05) is 22.6 Å². The Morgan fingerprint density at radius 3 is 2.61 bits per heavy atom. The van der Waals surface area contributed by atoms with E-state index in [2.05, 4.69) is 56.2 Å². The van der Waals surface area contributed by atoms with Crippen molar-refractivity contribution >= 4 is 10.9 Å². The molecule has 2 N–H and O–H groups in total. The Balaban J connectivity index is 2.60. The zero-order valence-electron chi connectivity index (χ0n) is 11.9. The molecule has 1 heterocycles. The highest BCUT2D eigenvalue weighted by Gasteiger charge is 2.17. The second-order valence-corrected chi connectivity index (χ2v) is 4.94. The molecule has 1 atom stereocenters. The van der Waals surface area contributed by atoms with Crippen molar-refractivity contribution in [1.29, 1.82) is 0 Å². The van der Waals surface area contributed by atoms with Crippen LogP contribution in [0, 0.1) is 6.92 Å². The normalized spacial score (nSPS) is 13.1. The average molecular weight is 244 g/mol. The molecule has 2 heteroatoms. The lowest BCUT2D eigenvalue weighted by molar-refractivity contribution is 0.536. The van der Waals surface area contributed by atoms with Gasteiger partial charge >= 0.3 is 0 Å². The van der Waals surface area contributed by atoms with Gasteiger partial charge in [0.25, 0.3) is 0 Å². The van der Waals surface area contributed by atoms with Crippen LogP contribution in [0.1, 0.15) is 50.1 Å². The van der Waals surface area contributed by atoms with E-state index >= 15 is 0 Å². The first-order valence-corrected chi connectivity index (χ1v) is 7.05. The van der Waals surface area contributed by atoms with E-state index in [-0.39, 0.29) is 0 Å². The number of rotatable bonds is 5. The Kier molecular flexibility index (Phi) is 4.07.